The number of aryl methyl sites for hydroxylation is 2. The van der Waals surface area contributed by atoms with Crippen molar-refractivity contribution in [3.8, 4) is 0 Å². The Kier molecular flexibility index (Phi) is 3.98. The van der Waals surface area contributed by atoms with Gasteiger partial charge in [0, 0.05) is 22.8 Å². The molecule has 3 rings (SSSR count). The van der Waals surface area contributed by atoms with Crippen LogP contribution in [0.1, 0.15) is 28.4 Å². The van der Waals surface area contributed by atoms with Crippen molar-refractivity contribution in [3.63, 3.8) is 0 Å². The van der Waals surface area contributed by atoms with E-state index in [2.05, 4.69) is 10.3 Å². The van der Waals surface area contributed by atoms with Crippen molar-refractivity contribution >= 4 is 28.3 Å². The number of nitrogens with one attached hydrogen (secondary N) is 2. The van der Waals surface area contributed by atoms with Gasteiger partial charge in [-0.05, 0) is 30.5 Å². The molecule has 2 aromatic carbocycles. The molecule has 0 fully saturated rings. The summed E-state index contributed by atoms with van der Waals surface area (Å²) >= 11 is 0. The van der Waals surface area contributed by atoms with Crippen molar-refractivity contribution < 1.29 is 9.59 Å². The summed E-state index contributed by atoms with van der Waals surface area (Å²) in [7, 11) is 0. The molecule has 1 heterocycles. The summed E-state index contributed by atoms with van der Waals surface area (Å²) in [4.78, 5) is 27.9. The highest BCUT2D eigenvalue weighted by Gasteiger charge is 2.21. The SMILES string of the molecule is CCc1cccc(C)c1NC(=O)C(=O)c1c[nH]c2ccccc12. The van der Waals surface area contributed by atoms with Gasteiger partial charge in [0.05, 0.1) is 5.56 Å². The van der Waals surface area contributed by atoms with Gasteiger partial charge in [-0.2, -0.15) is 0 Å². The lowest BCUT2D eigenvalue weighted by molar-refractivity contribution is -0.112. The monoisotopic (exact) mass is 306 g/mol. The van der Waals surface area contributed by atoms with Gasteiger partial charge in [0.15, 0.2) is 0 Å². The third kappa shape index (κ3) is 2.75. The predicted octanol–water partition coefficient (Wildman–Crippen LogP) is 3.86. The van der Waals surface area contributed by atoms with Crippen molar-refractivity contribution in [2.24, 2.45) is 0 Å². The molecule has 0 aliphatic rings. The number of para-hydroxylation sites is 2. The molecule has 4 nitrogen and oxygen atoms in total. The van der Waals surface area contributed by atoms with E-state index in [4.69, 9.17) is 0 Å². The van der Waals surface area contributed by atoms with Gasteiger partial charge in [-0.1, -0.05) is 43.3 Å². The number of hydrogen-bond donors (Lipinski definition) is 2. The fourth-order valence-corrected chi connectivity index (χ4v) is 2.75. The average Bonchev–Trinajstić information content (AvgIpc) is 2.99. The summed E-state index contributed by atoms with van der Waals surface area (Å²) in [5.41, 5.74) is 3.93. The molecule has 0 aliphatic heterocycles. The van der Waals surface area contributed by atoms with Crippen molar-refractivity contribution in [1.82, 2.24) is 4.98 Å². The van der Waals surface area contributed by atoms with Crippen LogP contribution in [-0.4, -0.2) is 16.7 Å². The molecule has 0 saturated heterocycles. The second-order valence-electron chi connectivity index (χ2n) is 5.49. The van der Waals surface area contributed by atoms with Crippen LogP contribution in [0.4, 0.5) is 5.69 Å². The van der Waals surface area contributed by atoms with Crippen molar-refractivity contribution in [2.45, 2.75) is 20.3 Å². The van der Waals surface area contributed by atoms with Gasteiger partial charge < -0.3 is 10.3 Å². The summed E-state index contributed by atoms with van der Waals surface area (Å²) in [6, 6.07) is 13.3. The molecule has 0 aliphatic carbocycles. The maximum absolute atomic E-state index is 12.5. The molecule has 4 heteroatoms. The highest BCUT2D eigenvalue weighted by atomic mass is 16.2. The van der Waals surface area contributed by atoms with Gasteiger partial charge in [-0.3, -0.25) is 9.59 Å². The number of carbonyl (C=O) groups is 2. The second-order valence-corrected chi connectivity index (χ2v) is 5.49. The summed E-state index contributed by atoms with van der Waals surface area (Å²) in [6.45, 7) is 3.94. The second kappa shape index (κ2) is 6.08. The first-order valence-corrected chi connectivity index (χ1v) is 7.62. The molecular formula is C19H18N2O2. The minimum absolute atomic E-state index is 0.393. The number of anilines is 1. The first kappa shape index (κ1) is 15.0. The molecule has 23 heavy (non-hydrogen) atoms. The topological polar surface area (TPSA) is 62.0 Å². The molecule has 0 saturated carbocycles. The lowest BCUT2D eigenvalue weighted by Crippen LogP contribution is -2.23. The standard InChI is InChI=1S/C19H18N2O2/c1-3-13-8-6-7-12(2)17(13)21-19(23)18(22)15-11-20-16-10-5-4-9-14(15)16/h4-11,20H,3H2,1-2H3,(H,21,23). The van der Waals surface area contributed by atoms with E-state index in [1.54, 1.807) is 6.20 Å². The van der Waals surface area contributed by atoms with Gasteiger partial charge >= 0.3 is 0 Å². The summed E-state index contributed by atoms with van der Waals surface area (Å²) in [6.07, 6.45) is 2.38. The van der Waals surface area contributed by atoms with E-state index in [9.17, 15) is 9.59 Å². The molecule has 0 unspecified atom stereocenters. The van der Waals surface area contributed by atoms with E-state index < -0.39 is 11.7 Å². The number of aromatic amines is 1. The molecule has 0 radical (unpaired) electrons. The highest BCUT2D eigenvalue weighted by molar-refractivity contribution is 6.48. The van der Waals surface area contributed by atoms with Crippen LogP contribution in [0.15, 0.2) is 48.7 Å². The van der Waals surface area contributed by atoms with E-state index in [-0.39, 0.29) is 0 Å². The number of amides is 1. The largest absolute Gasteiger partial charge is 0.360 e. The number of carbonyl (C=O) groups excluding carboxylic acids is 2. The number of H-pyrrole nitrogens is 1. The average molecular weight is 306 g/mol. The van der Waals surface area contributed by atoms with E-state index in [1.165, 1.54) is 0 Å². The minimum atomic E-state index is -0.612. The molecule has 0 spiro atoms. The van der Waals surface area contributed by atoms with E-state index >= 15 is 0 Å². The Morgan fingerprint density at radius 3 is 2.65 bits per heavy atom. The zero-order chi connectivity index (χ0) is 16.4. The van der Waals surface area contributed by atoms with Gasteiger partial charge in [0.25, 0.3) is 11.7 Å². The van der Waals surface area contributed by atoms with Crippen LogP contribution in [-0.2, 0) is 11.2 Å². The lowest BCUT2D eigenvalue weighted by atomic mass is 10.0. The molecule has 2 N–H and O–H groups in total. The highest BCUT2D eigenvalue weighted by Crippen LogP contribution is 2.23. The Hall–Kier alpha value is -2.88. The normalized spacial score (nSPS) is 10.7. The van der Waals surface area contributed by atoms with Gasteiger partial charge in [-0.25, -0.2) is 0 Å². The third-order valence-electron chi connectivity index (χ3n) is 4.02. The Morgan fingerprint density at radius 2 is 1.87 bits per heavy atom. The third-order valence-corrected chi connectivity index (χ3v) is 4.02. The lowest BCUT2D eigenvalue weighted by Gasteiger charge is -2.12. The summed E-state index contributed by atoms with van der Waals surface area (Å²) in [5, 5.41) is 3.54. The first-order chi connectivity index (χ1) is 11.1. The number of fused-ring (bicyclic) bond motifs is 1. The van der Waals surface area contributed by atoms with Crippen LogP contribution in [0.2, 0.25) is 0 Å². The number of aromatic nitrogens is 1. The van der Waals surface area contributed by atoms with E-state index in [0.717, 1.165) is 34.1 Å². The van der Waals surface area contributed by atoms with E-state index in [1.807, 2.05) is 56.3 Å². The van der Waals surface area contributed by atoms with Crippen LogP contribution >= 0.6 is 0 Å². The number of benzene rings is 2. The quantitative estimate of drug-likeness (QED) is 0.568. The number of ketones is 1. The van der Waals surface area contributed by atoms with Crippen molar-refractivity contribution in [1.29, 1.82) is 0 Å². The smallest absolute Gasteiger partial charge is 0.296 e. The van der Waals surface area contributed by atoms with Crippen LogP contribution in [0.25, 0.3) is 10.9 Å². The number of hydrogen-bond acceptors (Lipinski definition) is 2. The van der Waals surface area contributed by atoms with Gasteiger partial charge in [0.2, 0.25) is 0 Å². The fourth-order valence-electron chi connectivity index (χ4n) is 2.75. The first-order valence-electron chi connectivity index (χ1n) is 7.62. The summed E-state index contributed by atoms with van der Waals surface area (Å²) < 4.78 is 0. The summed E-state index contributed by atoms with van der Waals surface area (Å²) in [5.74, 6) is -1.15. The minimum Gasteiger partial charge on any atom is -0.360 e. The van der Waals surface area contributed by atoms with Gasteiger partial charge in [-0.15, -0.1) is 0 Å². The molecule has 0 bridgehead atoms. The predicted molar refractivity (Wildman–Crippen MR) is 91.8 cm³/mol. The molecule has 1 amide bonds. The number of rotatable bonds is 4. The Labute approximate surface area is 134 Å². The van der Waals surface area contributed by atoms with Crippen LogP contribution in [0, 0.1) is 6.92 Å². The van der Waals surface area contributed by atoms with Crippen LogP contribution in [0.3, 0.4) is 0 Å². The molecular weight excluding hydrogens is 288 g/mol. The van der Waals surface area contributed by atoms with Crippen molar-refractivity contribution in [2.75, 3.05) is 5.32 Å². The fraction of sp³-hybridized carbons (Fsp3) is 0.158. The van der Waals surface area contributed by atoms with Crippen LogP contribution in [0.5, 0.6) is 0 Å². The molecule has 116 valence electrons. The maximum atomic E-state index is 12.5. The Morgan fingerprint density at radius 1 is 1.09 bits per heavy atom. The van der Waals surface area contributed by atoms with E-state index in [0.29, 0.717) is 5.56 Å². The van der Waals surface area contributed by atoms with Crippen molar-refractivity contribution in [3.05, 3.63) is 65.4 Å². The molecule has 0 atom stereocenters. The van der Waals surface area contributed by atoms with Crippen LogP contribution < -0.4 is 5.32 Å². The molecule has 1 aromatic heterocycles. The van der Waals surface area contributed by atoms with Gasteiger partial charge in [0.1, 0.15) is 0 Å². The number of Topliss-reactive ketones (excluding diaryl/α,β-unsaturated/α-hetero) is 1. The Balaban J connectivity index is 1.91. The maximum Gasteiger partial charge on any atom is 0.296 e. The zero-order valence-corrected chi connectivity index (χ0v) is 13.1. The molecule has 3 aromatic rings. The zero-order valence-electron chi connectivity index (χ0n) is 13.1. The Bertz CT molecular complexity index is 893.